The van der Waals surface area contributed by atoms with Crippen LogP contribution in [-0.2, 0) is 40.4 Å². The van der Waals surface area contributed by atoms with Gasteiger partial charge in [0.1, 0.15) is 17.4 Å². The number of nitrogens with one attached hydrogen (secondary N) is 1. The van der Waals surface area contributed by atoms with Crippen molar-refractivity contribution in [2.24, 2.45) is 0 Å². The Balaban J connectivity index is 1.05. The van der Waals surface area contributed by atoms with Gasteiger partial charge in [0, 0.05) is 31.1 Å². The van der Waals surface area contributed by atoms with Crippen LogP contribution in [0.25, 0.3) is 0 Å². The molecule has 2 amide bonds. The fraction of sp³-hybridized carbons (Fsp3) is 0.636. The number of piperidine rings is 1. The highest BCUT2D eigenvalue weighted by Crippen LogP contribution is 2.65. The summed E-state index contributed by atoms with van der Waals surface area (Å²) in [5, 5.41) is 25.6. The second-order valence-electron chi connectivity index (χ2n) is 14.0. The van der Waals surface area contributed by atoms with E-state index in [9.17, 15) is 29.4 Å². The molecule has 46 heavy (non-hydrogen) atoms. The van der Waals surface area contributed by atoms with Crippen LogP contribution in [0.1, 0.15) is 70.9 Å². The summed E-state index contributed by atoms with van der Waals surface area (Å²) in [6.45, 7) is 7.72. The van der Waals surface area contributed by atoms with E-state index in [0.29, 0.717) is 44.5 Å². The SMILES string of the molecule is C[C@H](OC(=O)CCNC(=O)C1CCCN1C(=O)OC(C)(C)C)C(=O)OC1=CC[C@@]2(O)[C@H]3Cc4ccc(O)c5c4[C@@]2(CCN3C)[C@H]1O5. The van der Waals surface area contributed by atoms with Crippen LogP contribution >= 0.6 is 0 Å². The van der Waals surface area contributed by atoms with Gasteiger partial charge < -0.3 is 39.4 Å². The standard InChI is InChI=1S/C33H43N3O10/c1-18(43-24(38)11-14-34-28(39)20-7-6-15-36(20)30(41)46-31(2,3)4)29(40)44-22-10-12-33(42)23-17-19-8-9-21(37)26-25(19)32(33,27(22)45-26)13-16-35(23)5/h8-10,18,20,23,27,37,42H,6-7,11-17H2,1-5H3,(H,34,39)/t18-,20?,23+,27-,32-,33+/m0/s1. The lowest BCUT2D eigenvalue weighted by molar-refractivity contribution is -0.175. The lowest BCUT2D eigenvalue weighted by atomic mass is 9.50. The summed E-state index contributed by atoms with van der Waals surface area (Å²) in [6, 6.07) is 2.59. The van der Waals surface area contributed by atoms with Crippen molar-refractivity contribution in [1.82, 2.24) is 15.1 Å². The van der Waals surface area contributed by atoms with Gasteiger partial charge in [-0.05, 0) is 84.7 Å². The van der Waals surface area contributed by atoms with Crippen LogP contribution in [0.5, 0.6) is 11.5 Å². The van der Waals surface area contributed by atoms with E-state index in [1.54, 1.807) is 32.9 Å². The molecule has 0 aromatic heterocycles. The van der Waals surface area contributed by atoms with Gasteiger partial charge in [0.05, 0.1) is 17.4 Å². The van der Waals surface area contributed by atoms with Gasteiger partial charge in [-0.2, -0.15) is 0 Å². The van der Waals surface area contributed by atoms with E-state index in [4.69, 9.17) is 18.9 Å². The Morgan fingerprint density at radius 1 is 1.20 bits per heavy atom. The van der Waals surface area contributed by atoms with Crippen molar-refractivity contribution in [1.29, 1.82) is 0 Å². The molecule has 1 aromatic rings. The molecule has 1 unspecified atom stereocenters. The highest BCUT2D eigenvalue weighted by Gasteiger charge is 2.72. The quantitative estimate of drug-likeness (QED) is 0.295. The molecule has 5 aliphatic rings. The minimum atomic E-state index is -1.26. The van der Waals surface area contributed by atoms with E-state index in [2.05, 4.69) is 10.2 Å². The van der Waals surface area contributed by atoms with Gasteiger partial charge in [-0.15, -0.1) is 0 Å². The third-order valence-corrected chi connectivity index (χ3v) is 10.0. The molecule has 1 spiro atoms. The summed E-state index contributed by atoms with van der Waals surface area (Å²) < 4.78 is 22.8. The first-order valence-corrected chi connectivity index (χ1v) is 16.0. The first kappa shape index (κ1) is 32.1. The average Bonchev–Trinajstić information content (AvgIpc) is 3.60. The zero-order valence-corrected chi connectivity index (χ0v) is 27.0. The summed E-state index contributed by atoms with van der Waals surface area (Å²) in [4.78, 5) is 54.6. The van der Waals surface area contributed by atoms with Crippen LogP contribution < -0.4 is 10.1 Å². The number of aromatic hydroxyl groups is 1. The van der Waals surface area contributed by atoms with Crippen molar-refractivity contribution in [2.75, 3.05) is 26.7 Å². The topological polar surface area (TPSA) is 164 Å². The maximum Gasteiger partial charge on any atom is 0.410 e. The van der Waals surface area contributed by atoms with Crippen molar-refractivity contribution >= 4 is 23.9 Å². The van der Waals surface area contributed by atoms with Crippen molar-refractivity contribution in [3.05, 3.63) is 35.1 Å². The number of carbonyl (C=O) groups excluding carboxylic acids is 4. The average molecular weight is 642 g/mol. The molecule has 250 valence electrons. The van der Waals surface area contributed by atoms with Crippen molar-refractivity contribution in [3.63, 3.8) is 0 Å². The normalized spacial score (nSPS) is 30.0. The van der Waals surface area contributed by atoms with Crippen LogP contribution in [0.3, 0.4) is 0 Å². The number of nitrogens with zero attached hydrogens (tertiary/aromatic N) is 2. The summed E-state index contributed by atoms with van der Waals surface area (Å²) in [7, 11) is 1.99. The molecule has 13 heteroatoms. The maximum atomic E-state index is 13.2. The number of hydrogen-bond donors (Lipinski definition) is 3. The second-order valence-corrected chi connectivity index (χ2v) is 14.0. The molecule has 2 fully saturated rings. The number of phenolic OH excluding ortho intramolecular Hbond substituents is 1. The highest BCUT2D eigenvalue weighted by atomic mass is 16.6. The number of carbonyl (C=O) groups is 4. The van der Waals surface area contributed by atoms with Gasteiger partial charge >= 0.3 is 18.0 Å². The first-order valence-electron chi connectivity index (χ1n) is 16.0. The molecule has 2 aliphatic carbocycles. The molecule has 0 saturated carbocycles. The highest BCUT2D eigenvalue weighted by molar-refractivity contribution is 5.86. The predicted octanol–water partition coefficient (Wildman–Crippen LogP) is 2.05. The monoisotopic (exact) mass is 641 g/mol. The number of likely N-dealkylation sites (N-methyl/N-ethyl adjacent to an activating group) is 1. The molecule has 6 rings (SSSR count). The molecular formula is C33H43N3O10. The Labute approximate surface area is 267 Å². The first-order chi connectivity index (χ1) is 21.7. The third-order valence-electron chi connectivity index (χ3n) is 10.0. The molecule has 2 bridgehead atoms. The number of benzene rings is 1. The van der Waals surface area contributed by atoms with Crippen LogP contribution in [-0.4, -0.2) is 106 Å². The van der Waals surface area contributed by atoms with Gasteiger partial charge in [-0.25, -0.2) is 9.59 Å². The van der Waals surface area contributed by atoms with Gasteiger partial charge in [-0.1, -0.05) is 6.07 Å². The fourth-order valence-electron chi connectivity index (χ4n) is 7.92. The Hall–Kier alpha value is -3.84. The van der Waals surface area contributed by atoms with Crippen molar-refractivity contribution in [3.8, 4) is 11.5 Å². The van der Waals surface area contributed by atoms with E-state index < -0.39 is 58.8 Å². The van der Waals surface area contributed by atoms with E-state index in [1.165, 1.54) is 11.8 Å². The smallest absolute Gasteiger partial charge is 0.410 e. The fourth-order valence-corrected chi connectivity index (χ4v) is 7.92. The zero-order chi connectivity index (χ0) is 33.2. The number of ether oxygens (including phenoxy) is 4. The molecular weight excluding hydrogens is 598 g/mol. The Morgan fingerprint density at radius 3 is 2.70 bits per heavy atom. The third kappa shape index (κ3) is 5.17. The van der Waals surface area contributed by atoms with Crippen molar-refractivity contribution in [2.45, 2.75) is 107 Å². The largest absolute Gasteiger partial charge is 0.504 e. The lowest BCUT2D eigenvalue weighted by Crippen LogP contribution is -2.74. The van der Waals surface area contributed by atoms with Gasteiger partial charge in [0.25, 0.3) is 0 Å². The molecule has 3 aliphatic heterocycles. The van der Waals surface area contributed by atoms with Crippen LogP contribution in [0.4, 0.5) is 4.79 Å². The molecule has 0 radical (unpaired) electrons. The van der Waals surface area contributed by atoms with E-state index in [1.807, 2.05) is 13.1 Å². The van der Waals surface area contributed by atoms with Crippen molar-refractivity contribution < 1.29 is 48.3 Å². The minimum absolute atomic E-state index is 0.0344. The Morgan fingerprint density at radius 2 is 1.96 bits per heavy atom. The molecule has 13 nitrogen and oxygen atoms in total. The molecule has 3 N–H and O–H groups in total. The number of hydrogen-bond acceptors (Lipinski definition) is 11. The predicted molar refractivity (Wildman–Crippen MR) is 162 cm³/mol. The number of rotatable bonds is 7. The van der Waals surface area contributed by atoms with E-state index in [0.717, 1.165) is 11.1 Å². The van der Waals surface area contributed by atoms with Gasteiger partial charge in [0.15, 0.2) is 23.7 Å². The molecule has 3 heterocycles. The molecule has 2 saturated heterocycles. The minimum Gasteiger partial charge on any atom is -0.504 e. The number of likely N-dealkylation sites (tertiary alicyclic amines) is 2. The number of aliphatic hydroxyl groups is 1. The second kappa shape index (κ2) is 11.4. The lowest BCUT2D eigenvalue weighted by Gasteiger charge is -2.61. The maximum absolute atomic E-state index is 13.2. The van der Waals surface area contributed by atoms with E-state index in [-0.39, 0.29) is 36.9 Å². The van der Waals surface area contributed by atoms with Gasteiger partial charge in [0.2, 0.25) is 5.91 Å². The van der Waals surface area contributed by atoms with E-state index >= 15 is 0 Å². The number of phenols is 1. The summed E-state index contributed by atoms with van der Waals surface area (Å²) >= 11 is 0. The zero-order valence-electron chi connectivity index (χ0n) is 27.0. The Kier molecular flexibility index (Phi) is 7.99. The molecule has 1 aromatic carbocycles. The van der Waals surface area contributed by atoms with Crippen LogP contribution in [0.15, 0.2) is 24.0 Å². The van der Waals surface area contributed by atoms with Gasteiger partial charge in [-0.3, -0.25) is 14.5 Å². The number of amides is 2. The Bertz CT molecular complexity index is 1490. The number of esters is 2. The molecule has 6 atom stereocenters. The summed E-state index contributed by atoms with van der Waals surface area (Å²) in [5.41, 5.74) is -1.03. The van der Waals surface area contributed by atoms with Crippen LogP contribution in [0.2, 0.25) is 0 Å². The van der Waals surface area contributed by atoms with Crippen LogP contribution in [0, 0.1) is 0 Å². The summed E-state index contributed by atoms with van der Waals surface area (Å²) in [5.74, 6) is -1.43. The summed E-state index contributed by atoms with van der Waals surface area (Å²) in [6.07, 6.45) is 1.31.